The van der Waals surface area contributed by atoms with Gasteiger partial charge in [0, 0.05) is 31.0 Å². The van der Waals surface area contributed by atoms with Gasteiger partial charge in [0.2, 0.25) is 0 Å². The van der Waals surface area contributed by atoms with Crippen LogP contribution in [0.25, 0.3) is 11.3 Å². The number of nitriles is 1. The SMILES string of the molecule is N#Cc1ccnc(Nc2cc(C3CC3)cc(-c3ccc(N4CCC(F)CC4)nc3)n2)c1. The Morgan fingerprint density at radius 1 is 1.00 bits per heavy atom. The fourth-order valence-electron chi connectivity index (χ4n) is 3.92. The average molecular weight is 414 g/mol. The molecule has 3 aromatic rings. The first kappa shape index (κ1) is 19.4. The molecular formula is C24H23FN6. The molecule has 6 nitrogen and oxygen atoms in total. The molecule has 5 rings (SSSR count). The highest BCUT2D eigenvalue weighted by Gasteiger charge is 2.25. The van der Waals surface area contributed by atoms with Gasteiger partial charge in [-0.05, 0) is 73.6 Å². The average Bonchev–Trinajstić information content (AvgIpc) is 3.65. The van der Waals surface area contributed by atoms with E-state index in [4.69, 9.17) is 10.2 Å². The molecule has 0 spiro atoms. The monoisotopic (exact) mass is 414 g/mol. The molecular weight excluding hydrogens is 391 g/mol. The summed E-state index contributed by atoms with van der Waals surface area (Å²) in [6.45, 7) is 1.40. The van der Waals surface area contributed by atoms with Gasteiger partial charge >= 0.3 is 0 Å². The zero-order valence-corrected chi connectivity index (χ0v) is 17.1. The predicted molar refractivity (Wildman–Crippen MR) is 118 cm³/mol. The quantitative estimate of drug-likeness (QED) is 0.635. The van der Waals surface area contributed by atoms with Crippen LogP contribution in [0.5, 0.6) is 0 Å². The molecule has 2 fully saturated rings. The van der Waals surface area contributed by atoms with Gasteiger partial charge in [0.05, 0.1) is 17.3 Å². The third kappa shape index (κ3) is 4.48. The number of hydrogen-bond donors (Lipinski definition) is 1. The van der Waals surface area contributed by atoms with E-state index in [9.17, 15) is 4.39 Å². The fourth-order valence-corrected chi connectivity index (χ4v) is 3.92. The molecule has 1 N–H and O–H groups in total. The van der Waals surface area contributed by atoms with E-state index in [0.717, 1.165) is 17.1 Å². The van der Waals surface area contributed by atoms with Crippen molar-refractivity contribution < 1.29 is 4.39 Å². The first-order chi connectivity index (χ1) is 15.2. The largest absolute Gasteiger partial charge is 0.356 e. The van der Waals surface area contributed by atoms with E-state index < -0.39 is 6.17 Å². The molecule has 2 aliphatic rings. The minimum absolute atomic E-state index is 0.549. The summed E-state index contributed by atoms with van der Waals surface area (Å²) >= 11 is 0. The summed E-state index contributed by atoms with van der Waals surface area (Å²) in [5.74, 6) is 2.74. The van der Waals surface area contributed by atoms with E-state index in [-0.39, 0.29) is 0 Å². The first-order valence-electron chi connectivity index (χ1n) is 10.7. The number of alkyl halides is 1. The van der Waals surface area contributed by atoms with Crippen molar-refractivity contribution in [2.24, 2.45) is 0 Å². The van der Waals surface area contributed by atoms with Crippen molar-refractivity contribution >= 4 is 17.5 Å². The number of aromatic nitrogens is 3. The molecule has 4 heterocycles. The van der Waals surface area contributed by atoms with Crippen LogP contribution in [0.4, 0.5) is 21.8 Å². The van der Waals surface area contributed by atoms with Gasteiger partial charge in [0.25, 0.3) is 0 Å². The molecule has 1 aliphatic carbocycles. The molecule has 1 aliphatic heterocycles. The van der Waals surface area contributed by atoms with E-state index in [2.05, 4.69) is 38.4 Å². The number of piperidine rings is 1. The highest BCUT2D eigenvalue weighted by molar-refractivity contribution is 5.66. The molecule has 0 radical (unpaired) electrons. The third-order valence-corrected chi connectivity index (χ3v) is 5.83. The number of rotatable bonds is 5. The van der Waals surface area contributed by atoms with Crippen molar-refractivity contribution in [1.82, 2.24) is 15.0 Å². The smallest absolute Gasteiger partial charge is 0.132 e. The van der Waals surface area contributed by atoms with Crippen molar-refractivity contribution in [1.29, 1.82) is 5.26 Å². The number of nitrogens with one attached hydrogen (secondary N) is 1. The normalized spacial score (nSPS) is 16.7. The Morgan fingerprint density at radius 3 is 2.55 bits per heavy atom. The van der Waals surface area contributed by atoms with Crippen molar-refractivity contribution in [3.05, 3.63) is 59.9 Å². The molecule has 31 heavy (non-hydrogen) atoms. The highest BCUT2D eigenvalue weighted by atomic mass is 19.1. The molecule has 0 aromatic carbocycles. The van der Waals surface area contributed by atoms with Crippen molar-refractivity contribution in [2.75, 3.05) is 23.3 Å². The van der Waals surface area contributed by atoms with Gasteiger partial charge in [-0.25, -0.2) is 19.3 Å². The van der Waals surface area contributed by atoms with Crippen LogP contribution < -0.4 is 10.2 Å². The Hall–Kier alpha value is -3.53. The number of halogens is 1. The lowest BCUT2D eigenvalue weighted by Crippen LogP contribution is -2.34. The fraction of sp³-hybridized carbons (Fsp3) is 0.333. The minimum Gasteiger partial charge on any atom is -0.356 e. The second-order valence-corrected chi connectivity index (χ2v) is 8.18. The summed E-state index contributed by atoms with van der Waals surface area (Å²) in [4.78, 5) is 15.8. The molecule has 7 heteroatoms. The maximum atomic E-state index is 13.4. The number of anilines is 3. The van der Waals surface area contributed by atoms with Gasteiger partial charge in [-0.1, -0.05) is 0 Å². The van der Waals surface area contributed by atoms with Crippen LogP contribution in [-0.2, 0) is 0 Å². The van der Waals surface area contributed by atoms with Crippen LogP contribution in [0.1, 0.15) is 42.7 Å². The molecule has 0 amide bonds. The van der Waals surface area contributed by atoms with E-state index >= 15 is 0 Å². The van der Waals surface area contributed by atoms with Crippen LogP contribution in [-0.4, -0.2) is 34.2 Å². The lowest BCUT2D eigenvalue weighted by atomic mass is 10.1. The molecule has 0 atom stereocenters. The van der Waals surface area contributed by atoms with Crippen molar-refractivity contribution in [3.63, 3.8) is 0 Å². The Balaban J connectivity index is 1.41. The Kier molecular flexibility index (Phi) is 5.21. The Morgan fingerprint density at radius 2 is 1.84 bits per heavy atom. The second kappa shape index (κ2) is 8.31. The van der Waals surface area contributed by atoms with Crippen molar-refractivity contribution in [2.45, 2.75) is 37.8 Å². The summed E-state index contributed by atoms with van der Waals surface area (Å²) < 4.78 is 13.4. The number of pyridine rings is 3. The maximum absolute atomic E-state index is 13.4. The van der Waals surface area contributed by atoms with E-state index in [1.807, 2.05) is 18.3 Å². The molecule has 0 unspecified atom stereocenters. The zero-order chi connectivity index (χ0) is 21.2. The Bertz CT molecular complexity index is 1110. The van der Waals surface area contributed by atoms with Gasteiger partial charge in [-0.2, -0.15) is 5.26 Å². The first-order valence-corrected chi connectivity index (χ1v) is 10.7. The molecule has 1 saturated heterocycles. The van der Waals surface area contributed by atoms with E-state index in [0.29, 0.717) is 49.0 Å². The predicted octanol–water partition coefficient (Wildman–Crippen LogP) is 4.97. The molecule has 156 valence electrons. The Labute approximate surface area is 180 Å². The zero-order valence-electron chi connectivity index (χ0n) is 17.1. The van der Waals surface area contributed by atoms with Crippen LogP contribution in [0.3, 0.4) is 0 Å². The topological polar surface area (TPSA) is 77.7 Å². The lowest BCUT2D eigenvalue weighted by Gasteiger charge is -2.29. The summed E-state index contributed by atoms with van der Waals surface area (Å²) in [6.07, 6.45) is 6.25. The van der Waals surface area contributed by atoms with Crippen LogP contribution in [0.15, 0.2) is 48.8 Å². The minimum atomic E-state index is -0.695. The van der Waals surface area contributed by atoms with Gasteiger partial charge < -0.3 is 10.2 Å². The highest BCUT2D eigenvalue weighted by Crippen LogP contribution is 2.42. The number of nitrogens with zero attached hydrogens (tertiary/aromatic N) is 5. The van der Waals surface area contributed by atoms with Crippen LogP contribution in [0, 0.1) is 11.3 Å². The van der Waals surface area contributed by atoms with Crippen LogP contribution in [0.2, 0.25) is 0 Å². The van der Waals surface area contributed by atoms with Gasteiger partial charge in [0.1, 0.15) is 23.6 Å². The molecule has 1 saturated carbocycles. The molecule has 0 bridgehead atoms. The van der Waals surface area contributed by atoms with E-state index in [1.165, 1.54) is 18.4 Å². The van der Waals surface area contributed by atoms with Gasteiger partial charge in [-0.3, -0.25) is 0 Å². The van der Waals surface area contributed by atoms with Gasteiger partial charge in [0.15, 0.2) is 0 Å². The summed E-state index contributed by atoms with van der Waals surface area (Å²) in [5.41, 5.74) is 3.59. The van der Waals surface area contributed by atoms with Crippen LogP contribution >= 0.6 is 0 Å². The number of hydrogen-bond acceptors (Lipinski definition) is 6. The summed E-state index contributed by atoms with van der Waals surface area (Å²) in [6, 6.07) is 13.7. The third-order valence-electron chi connectivity index (χ3n) is 5.83. The lowest BCUT2D eigenvalue weighted by molar-refractivity contribution is 0.276. The second-order valence-electron chi connectivity index (χ2n) is 8.18. The maximum Gasteiger partial charge on any atom is 0.132 e. The molecule has 3 aromatic heterocycles. The van der Waals surface area contributed by atoms with Gasteiger partial charge in [-0.15, -0.1) is 0 Å². The standard InChI is InChI=1S/C24H23FN6/c25-20-6-9-31(10-7-20)24-4-3-18(15-28-24)21-12-19(17-1-2-17)13-23(29-21)30-22-11-16(14-26)5-8-27-22/h3-5,8,11-13,15,17,20H,1-2,6-7,9-10H2,(H,27,29,30). The van der Waals surface area contributed by atoms with E-state index in [1.54, 1.807) is 18.3 Å². The summed E-state index contributed by atoms with van der Waals surface area (Å²) in [5, 5.41) is 12.4. The van der Waals surface area contributed by atoms with Crippen molar-refractivity contribution in [3.8, 4) is 17.3 Å². The summed E-state index contributed by atoms with van der Waals surface area (Å²) in [7, 11) is 0.